The summed E-state index contributed by atoms with van der Waals surface area (Å²) in [5.74, 6) is 1.43. The normalized spacial score (nSPS) is 16.5. The smallest absolute Gasteiger partial charge is 0.134 e. The molecule has 46 heavy (non-hydrogen) atoms. The standard InChI is InChI=1S/C40H38N2O2.C2H6/c1-28-26-32(22-24-43-38-20-11-9-16-34(28)38)37-19-13-18-36(40(37)42(4)5)30(3)29(2)35-17-10-12-21-39(35)44-25-23-33(41)27-31-14-7-6-8-15-31;1-2/h6-7,9-13,16-27,41H,1-3,8,14-15H2,4-5H3;1-2H3/b24-22-,25-23?,31-27+,32-26+,41-33?;. The van der Waals surface area contributed by atoms with E-state index in [1.54, 1.807) is 18.6 Å². The minimum Gasteiger partial charge on any atom is -0.464 e. The molecule has 4 nitrogen and oxygen atoms in total. The van der Waals surface area contributed by atoms with Gasteiger partial charge < -0.3 is 19.8 Å². The van der Waals surface area contributed by atoms with Crippen molar-refractivity contribution in [2.24, 2.45) is 0 Å². The highest BCUT2D eigenvalue weighted by molar-refractivity contribution is 6.08. The minimum absolute atomic E-state index is 0.414. The molecule has 0 saturated carbocycles. The monoisotopic (exact) mass is 608 g/mol. The van der Waals surface area contributed by atoms with Gasteiger partial charge >= 0.3 is 0 Å². The van der Waals surface area contributed by atoms with Crippen molar-refractivity contribution in [1.82, 2.24) is 0 Å². The molecule has 2 aliphatic rings. The Morgan fingerprint density at radius 3 is 2.35 bits per heavy atom. The first-order valence-corrected chi connectivity index (χ1v) is 15.7. The summed E-state index contributed by atoms with van der Waals surface area (Å²) in [4.78, 5) is 2.10. The number of para-hydroxylation sites is 3. The Kier molecular flexibility index (Phi) is 11.7. The average molecular weight is 609 g/mol. The zero-order valence-corrected chi connectivity index (χ0v) is 27.5. The second-order valence-electron chi connectivity index (χ2n) is 11.0. The van der Waals surface area contributed by atoms with Crippen molar-refractivity contribution in [3.63, 3.8) is 0 Å². The maximum Gasteiger partial charge on any atom is 0.134 e. The van der Waals surface area contributed by atoms with E-state index in [1.165, 1.54) is 5.57 Å². The van der Waals surface area contributed by atoms with Crippen LogP contribution in [0.3, 0.4) is 0 Å². The minimum atomic E-state index is 0.414. The molecule has 0 bridgehead atoms. The summed E-state index contributed by atoms with van der Waals surface area (Å²) in [5.41, 5.74) is 9.85. The fourth-order valence-corrected chi connectivity index (χ4v) is 5.45. The maximum atomic E-state index is 8.33. The molecule has 5 rings (SSSR count). The zero-order valence-electron chi connectivity index (χ0n) is 27.5. The molecule has 0 aromatic heterocycles. The third-order valence-corrected chi connectivity index (χ3v) is 7.68. The highest BCUT2D eigenvalue weighted by Gasteiger charge is 2.20. The second-order valence-corrected chi connectivity index (χ2v) is 11.0. The van der Waals surface area contributed by atoms with Crippen LogP contribution in [0.15, 0.2) is 141 Å². The molecule has 3 aromatic carbocycles. The molecule has 3 aromatic rings. The van der Waals surface area contributed by atoms with Crippen LogP contribution in [0.5, 0.6) is 11.5 Å². The van der Waals surface area contributed by atoms with Crippen LogP contribution in [0.4, 0.5) is 5.69 Å². The van der Waals surface area contributed by atoms with Gasteiger partial charge in [-0.25, -0.2) is 0 Å². The summed E-state index contributed by atoms with van der Waals surface area (Å²) in [6.45, 7) is 17.3. The number of ether oxygens (including phenoxy) is 2. The van der Waals surface area contributed by atoms with Crippen LogP contribution < -0.4 is 14.4 Å². The first-order valence-electron chi connectivity index (χ1n) is 15.7. The van der Waals surface area contributed by atoms with Crippen LogP contribution in [-0.4, -0.2) is 19.8 Å². The van der Waals surface area contributed by atoms with E-state index in [0.29, 0.717) is 11.5 Å². The molecule has 0 fully saturated rings. The molecule has 0 unspecified atom stereocenters. The number of anilines is 1. The number of nitrogens with one attached hydrogen (secondary N) is 1. The Labute approximate surface area is 274 Å². The second kappa shape index (κ2) is 16.1. The predicted octanol–water partition coefficient (Wildman–Crippen LogP) is 11.1. The number of rotatable bonds is 9. The van der Waals surface area contributed by atoms with E-state index in [4.69, 9.17) is 14.9 Å². The lowest BCUT2D eigenvalue weighted by atomic mass is 9.89. The predicted molar refractivity (Wildman–Crippen MR) is 198 cm³/mol. The Morgan fingerprint density at radius 2 is 1.59 bits per heavy atom. The molecular formula is C42H44N2O2. The van der Waals surface area contributed by atoms with E-state index >= 15 is 0 Å². The summed E-state index contributed by atoms with van der Waals surface area (Å²) >= 11 is 0. The molecule has 0 spiro atoms. The van der Waals surface area contributed by atoms with Crippen LogP contribution in [-0.2, 0) is 0 Å². The molecule has 0 radical (unpaired) electrons. The summed E-state index contributed by atoms with van der Waals surface area (Å²) in [6.07, 6.45) is 18.2. The molecule has 0 amide bonds. The van der Waals surface area contributed by atoms with Crippen LogP contribution in [0.25, 0.3) is 22.3 Å². The Hall–Kier alpha value is -5.35. The van der Waals surface area contributed by atoms with Crippen molar-refractivity contribution in [3.05, 3.63) is 163 Å². The first kappa shape index (κ1) is 33.5. The Bertz CT molecular complexity index is 1780. The molecule has 0 atom stereocenters. The highest BCUT2D eigenvalue weighted by atomic mass is 16.5. The molecule has 4 heteroatoms. The summed E-state index contributed by atoms with van der Waals surface area (Å²) in [7, 11) is 4.06. The Balaban J connectivity index is 0.00000235. The topological polar surface area (TPSA) is 45.5 Å². The molecule has 1 aliphatic heterocycles. The van der Waals surface area contributed by atoms with Crippen LogP contribution >= 0.6 is 0 Å². The fraction of sp³-hybridized carbons (Fsp3) is 0.167. The quantitative estimate of drug-likeness (QED) is 0.114. The van der Waals surface area contributed by atoms with Gasteiger partial charge in [0, 0.05) is 36.3 Å². The van der Waals surface area contributed by atoms with Crippen LogP contribution in [0.2, 0.25) is 0 Å². The van der Waals surface area contributed by atoms with Crippen LogP contribution in [0.1, 0.15) is 55.4 Å². The first-order chi connectivity index (χ1) is 22.3. The number of nitrogens with zero attached hydrogens (tertiary/aromatic N) is 1. The molecule has 1 N–H and O–H groups in total. The zero-order chi connectivity index (χ0) is 33.1. The van der Waals surface area contributed by atoms with Crippen molar-refractivity contribution < 1.29 is 9.47 Å². The van der Waals surface area contributed by atoms with Crippen molar-refractivity contribution in [2.75, 3.05) is 19.0 Å². The van der Waals surface area contributed by atoms with E-state index < -0.39 is 0 Å². The van der Waals surface area contributed by atoms with Gasteiger partial charge in [-0.15, -0.1) is 0 Å². The lowest BCUT2D eigenvalue weighted by Gasteiger charge is -2.25. The van der Waals surface area contributed by atoms with Crippen molar-refractivity contribution in [3.8, 4) is 11.5 Å². The van der Waals surface area contributed by atoms with Crippen molar-refractivity contribution in [2.45, 2.75) is 33.1 Å². The van der Waals surface area contributed by atoms with Gasteiger partial charge in [-0.2, -0.15) is 0 Å². The van der Waals surface area contributed by atoms with Crippen LogP contribution in [0, 0.1) is 5.41 Å². The van der Waals surface area contributed by atoms with Gasteiger partial charge in [0.05, 0.1) is 23.9 Å². The molecule has 234 valence electrons. The third-order valence-electron chi connectivity index (χ3n) is 7.68. The van der Waals surface area contributed by atoms with Gasteiger partial charge in [-0.3, -0.25) is 0 Å². The van der Waals surface area contributed by atoms with E-state index in [0.717, 1.165) is 75.2 Å². The lowest BCUT2D eigenvalue weighted by Crippen LogP contribution is -2.14. The third kappa shape index (κ3) is 8.02. The van der Waals surface area contributed by atoms with Gasteiger partial charge in [-0.1, -0.05) is 106 Å². The van der Waals surface area contributed by atoms with Gasteiger partial charge in [0.2, 0.25) is 0 Å². The van der Waals surface area contributed by atoms with Crippen molar-refractivity contribution >= 4 is 33.7 Å². The van der Waals surface area contributed by atoms with Gasteiger partial charge in [-0.05, 0) is 78.0 Å². The number of hydrogen-bond acceptors (Lipinski definition) is 4. The van der Waals surface area contributed by atoms with E-state index in [-0.39, 0.29) is 0 Å². The van der Waals surface area contributed by atoms with E-state index in [1.807, 2.05) is 94.7 Å². The number of allylic oxidation sites excluding steroid dienone is 11. The number of hydrogen-bond donors (Lipinski definition) is 1. The molecular weight excluding hydrogens is 564 g/mol. The molecule has 0 saturated heterocycles. The number of fused-ring (bicyclic) bond motifs is 1. The van der Waals surface area contributed by atoms with E-state index in [2.05, 4.69) is 55.0 Å². The lowest BCUT2D eigenvalue weighted by molar-refractivity contribution is 0.480. The Morgan fingerprint density at radius 1 is 0.891 bits per heavy atom. The average Bonchev–Trinajstić information content (AvgIpc) is 3.07. The number of benzene rings is 3. The summed E-state index contributed by atoms with van der Waals surface area (Å²) < 4.78 is 12.0. The van der Waals surface area contributed by atoms with E-state index in [9.17, 15) is 0 Å². The summed E-state index contributed by atoms with van der Waals surface area (Å²) in [5, 5.41) is 8.33. The largest absolute Gasteiger partial charge is 0.464 e. The highest BCUT2D eigenvalue weighted by Crippen LogP contribution is 2.41. The molecule has 1 aliphatic carbocycles. The summed E-state index contributed by atoms with van der Waals surface area (Å²) in [6, 6.07) is 21.9. The molecule has 1 heterocycles. The SMILES string of the molecule is C=C1/C=C(c2cccc(C(=C)C(=C)c3ccccc3OC=CC(=N)/C=C3\CC=CCC3)c2N(C)C)\C=C/Oc2ccccc21.CC. The van der Waals surface area contributed by atoms with Gasteiger partial charge in [0.15, 0.2) is 0 Å². The van der Waals surface area contributed by atoms with Gasteiger partial charge in [0.1, 0.15) is 11.5 Å². The fourth-order valence-electron chi connectivity index (χ4n) is 5.45. The van der Waals surface area contributed by atoms with Crippen molar-refractivity contribution in [1.29, 1.82) is 5.41 Å². The van der Waals surface area contributed by atoms with Gasteiger partial charge in [0.25, 0.3) is 0 Å². The maximum absolute atomic E-state index is 8.33.